The van der Waals surface area contributed by atoms with Gasteiger partial charge in [0, 0.05) is 38.8 Å². The van der Waals surface area contributed by atoms with Crippen molar-refractivity contribution in [2.75, 3.05) is 20.1 Å². The molecule has 2 rings (SSSR count). The van der Waals surface area contributed by atoms with Crippen molar-refractivity contribution in [2.45, 2.75) is 65.1 Å². The third kappa shape index (κ3) is 4.42. The van der Waals surface area contributed by atoms with E-state index in [0.717, 1.165) is 38.8 Å². The van der Waals surface area contributed by atoms with E-state index in [2.05, 4.69) is 56.0 Å². The van der Waals surface area contributed by atoms with Crippen LogP contribution in [0, 0.1) is 5.41 Å². The highest BCUT2D eigenvalue weighted by molar-refractivity contribution is 5.83. The van der Waals surface area contributed by atoms with E-state index in [1.807, 2.05) is 11.9 Å². The summed E-state index contributed by atoms with van der Waals surface area (Å²) in [6, 6.07) is 11.4. The Morgan fingerprint density at radius 2 is 1.92 bits per heavy atom. The fourth-order valence-corrected chi connectivity index (χ4v) is 4.07. The van der Waals surface area contributed by atoms with E-state index in [0.29, 0.717) is 18.6 Å². The van der Waals surface area contributed by atoms with E-state index < -0.39 is 0 Å². The predicted octanol–water partition coefficient (Wildman–Crippen LogP) is 3.26. The smallest absolute Gasteiger partial charge is 0.230 e. The van der Waals surface area contributed by atoms with Gasteiger partial charge in [0.05, 0.1) is 5.41 Å². The highest BCUT2D eigenvalue weighted by atomic mass is 16.2. The number of piperidine rings is 1. The van der Waals surface area contributed by atoms with Crippen LogP contribution >= 0.6 is 0 Å². The van der Waals surface area contributed by atoms with Gasteiger partial charge in [-0.05, 0) is 38.2 Å². The lowest BCUT2D eigenvalue weighted by atomic mass is 9.80. The topological polar surface area (TPSA) is 49.6 Å². The summed E-state index contributed by atoms with van der Waals surface area (Å²) < 4.78 is 0. The number of rotatable bonds is 7. The fourth-order valence-electron chi connectivity index (χ4n) is 4.07. The fraction of sp³-hybridized carbons (Fsp3) is 0.667. The van der Waals surface area contributed by atoms with Crippen LogP contribution in [0.4, 0.5) is 0 Å². The largest absolute Gasteiger partial charge is 0.342 e. The van der Waals surface area contributed by atoms with Crippen LogP contribution in [0.15, 0.2) is 30.3 Å². The SMILES string of the molecule is CCC(CC)(CN)C(=O)N(C)C1CCN(Cc2ccccc2)C(C)C1. The molecular weight excluding hydrogens is 310 g/mol. The first-order valence-electron chi connectivity index (χ1n) is 9.72. The van der Waals surface area contributed by atoms with Crippen LogP contribution < -0.4 is 5.73 Å². The van der Waals surface area contributed by atoms with E-state index in [1.165, 1.54) is 5.56 Å². The monoisotopic (exact) mass is 345 g/mol. The first kappa shape index (κ1) is 19.9. The van der Waals surface area contributed by atoms with Gasteiger partial charge in [-0.2, -0.15) is 0 Å². The van der Waals surface area contributed by atoms with Crippen molar-refractivity contribution in [3.8, 4) is 0 Å². The van der Waals surface area contributed by atoms with Gasteiger partial charge >= 0.3 is 0 Å². The maximum atomic E-state index is 13.1. The van der Waals surface area contributed by atoms with Gasteiger partial charge in [0.15, 0.2) is 0 Å². The minimum atomic E-state index is -0.390. The van der Waals surface area contributed by atoms with E-state index in [4.69, 9.17) is 5.73 Å². The second-order valence-corrected chi connectivity index (χ2v) is 7.59. The molecule has 4 heteroatoms. The summed E-state index contributed by atoms with van der Waals surface area (Å²) in [6.07, 6.45) is 3.69. The number of amides is 1. The minimum absolute atomic E-state index is 0.230. The summed E-state index contributed by atoms with van der Waals surface area (Å²) in [5, 5.41) is 0. The summed E-state index contributed by atoms with van der Waals surface area (Å²) >= 11 is 0. The van der Waals surface area contributed by atoms with Crippen molar-refractivity contribution in [1.29, 1.82) is 0 Å². The van der Waals surface area contributed by atoms with Gasteiger partial charge in [-0.1, -0.05) is 44.2 Å². The molecule has 0 aliphatic carbocycles. The quantitative estimate of drug-likeness (QED) is 0.825. The summed E-state index contributed by atoms with van der Waals surface area (Å²) in [6.45, 7) is 8.89. The molecule has 4 nitrogen and oxygen atoms in total. The van der Waals surface area contributed by atoms with Gasteiger partial charge in [0.25, 0.3) is 0 Å². The van der Waals surface area contributed by atoms with Gasteiger partial charge < -0.3 is 10.6 Å². The molecule has 25 heavy (non-hydrogen) atoms. The maximum absolute atomic E-state index is 13.1. The van der Waals surface area contributed by atoms with Crippen molar-refractivity contribution in [2.24, 2.45) is 11.1 Å². The minimum Gasteiger partial charge on any atom is -0.342 e. The summed E-state index contributed by atoms with van der Waals surface area (Å²) in [7, 11) is 1.97. The first-order valence-corrected chi connectivity index (χ1v) is 9.72. The molecule has 140 valence electrons. The molecule has 0 radical (unpaired) electrons. The van der Waals surface area contributed by atoms with Crippen molar-refractivity contribution in [3.63, 3.8) is 0 Å². The standard InChI is InChI=1S/C21H35N3O/c1-5-21(6-2,16-22)20(25)23(4)19-12-13-24(17(3)14-19)15-18-10-8-7-9-11-18/h7-11,17,19H,5-6,12-16,22H2,1-4H3. The Balaban J connectivity index is 1.98. The van der Waals surface area contributed by atoms with Crippen LogP contribution in [0.3, 0.4) is 0 Å². The third-order valence-electron chi connectivity index (χ3n) is 6.28. The maximum Gasteiger partial charge on any atom is 0.230 e. The number of benzene rings is 1. The van der Waals surface area contributed by atoms with Gasteiger partial charge in [-0.15, -0.1) is 0 Å². The lowest BCUT2D eigenvalue weighted by Crippen LogP contribution is -2.54. The molecule has 1 aromatic carbocycles. The van der Waals surface area contributed by atoms with Crippen LogP contribution in [0.1, 0.15) is 52.0 Å². The van der Waals surface area contributed by atoms with Crippen molar-refractivity contribution in [3.05, 3.63) is 35.9 Å². The molecule has 2 N–H and O–H groups in total. The lowest BCUT2D eigenvalue weighted by Gasteiger charge is -2.43. The second-order valence-electron chi connectivity index (χ2n) is 7.59. The molecule has 0 saturated carbocycles. The number of nitrogens with two attached hydrogens (primary N) is 1. The van der Waals surface area contributed by atoms with Crippen molar-refractivity contribution < 1.29 is 4.79 Å². The Labute approximate surface area is 153 Å². The van der Waals surface area contributed by atoms with Gasteiger partial charge in [-0.3, -0.25) is 9.69 Å². The zero-order valence-corrected chi connectivity index (χ0v) is 16.4. The Morgan fingerprint density at radius 3 is 2.44 bits per heavy atom. The molecule has 1 amide bonds. The van der Waals surface area contributed by atoms with E-state index >= 15 is 0 Å². The highest BCUT2D eigenvalue weighted by Crippen LogP contribution is 2.31. The number of hydrogen-bond donors (Lipinski definition) is 1. The van der Waals surface area contributed by atoms with Gasteiger partial charge in [-0.25, -0.2) is 0 Å². The molecule has 0 aromatic heterocycles. The molecule has 0 spiro atoms. The van der Waals surface area contributed by atoms with Gasteiger partial charge in [0.1, 0.15) is 0 Å². The summed E-state index contributed by atoms with van der Waals surface area (Å²) in [5.41, 5.74) is 6.94. The molecular formula is C21H35N3O. The Bertz CT molecular complexity index is 533. The number of likely N-dealkylation sites (tertiary alicyclic amines) is 1. The zero-order chi connectivity index (χ0) is 18.4. The molecule has 2 unspecified atom stereocenters. The molecule has 1 aromatic rings. The number of carbonyl (C=O) groups excluding carboxylic acids is 1. The average Bonchev–Trinajstić information content (AvgIpc) is 2.65. The van der Waals surface area contributed by atoms with Crippen molar-refractivity contribution >= 4 is 5.91 Å². The van der Waals surface area contributed by atoms with Crippen LogP contribution in [-0.4, -0.2) is 47.9 Å². The molecule has 1 saturated heterocycles. The van der Waals surface area contributed by atoms with E-state index in [9.17, 15) is 4.79 Å². The van der Waals surface area contributed by atoms with E-state index in [1.54, 1.807) is 0 Å². The van der Waals surface area contributed by atoms with Crippen LogP contribution in [0.2, 0.25) is 0 Å². The second kappa shape index (κ2) is 8.81. The van der Waals surface area contributed by atoms with Crippen LogP contribution in [-0.2, 0) is 11.3 Å². The van der Waals surface area contributed by atoms with E-state index in [-0.39, 0.29) is 11.3 Å². The molecule has 0 bridgehead atoms. The first-order chi connectivity index (χ1) is 12.0. The lowest BCUT2D eigenvalue weighted by molar-refractivity contribution is -0.144. The average molecular weight is 346 g/mol. The van der Waals surface area contributed by atoms with Gasteiger partial charge in [0.2, 0.25) is 5.91 Å². The zero-order valence-electron chi connectivity index (χ0n) is 16.4. The molecule has 1 heterocycles. The van der Waals surface area contributed by atoms with Crippen LogP contribution in [0.5, 0.6) is 0 Å². The third-order valence-corrected chi connectivity index (χ3v) is 6.28. The Kier molecular flexibility index (Phi) is 7.03. The number of nitrogens with zero attached hydrogens (tertiary/aromatic N) is 2. The Hall–Kier alpha value is -1.39. The predicted molar refractivity (Wildman–Crippen MR) is 104 cm³/mol. The van der Waals surface area contributed by atoms with Crippen LogP contribution in [0.25, 0.3) is 0 Å². The molecule has 1 fully saturated rings. The number of carbonyl (C=O) groups is 1. The normalized spacial score (nSPS) is 22.0. The molecule has 1 aliphatic rings. The molecule has 2 atom stereocenters. The summed E-state index contributed by atoms with van der Waals surface area (Å²) in [5.74, 6) is 0.230. The molecule has 1 aliphatic heterocycles. The van der Waals surface area contributed by atoms with Crippen molar-refractivity contribution in [1.82, 2.24) is 9.80 Å². The highest BCUT2D eigenvalue weighted by Gasteiger charge is 2.39. The summed E-state index contributed by atoms with van der Waals surface area (Å²) in [4.78, 5) is 17.6. The number of hydrogen-bond acceptors (Lipinski definition) is 3. The Morgan fingerprint density at radius 1 is 1.28 bits per heavy atom.